The Hall–Kier alpha value is -3.49. The van der Waals surface area contributed by atoms with E-state index in [4.69, 9.17) is 4.42 Å². The van der Waals surface area contributed by atoms with E-state index in [0.29, 0.717) is 6.07 Å². The van der Waals surface area contributed by atoms with Crippen molar-refractivity contribution in [2.24, 2.45) is 5.10 Å². The lowest BCUT2D eigenvalue weighted by atomic mass is 10.2. The van der Waals surface area contributed by atoms with E-state index in [2.05, 4.69) is 25.8 Å². The quantitative estimate of drug-likeness (QED) is 0.226. The van der Waals surface area contributed by atoms with Gasteiger partial charge in [-0.2, -0.15) is 18.3 Å². The number of hydrogen-bond donors (Lipinski definition) is 3. The van der Waals surface area contributed by atoms with E-state index >= 15 is 0 Å². The number of alkyl halides is 3. The van der Waals surface area contributed by atoms with Gasteiger partial charge in [-0.3, -0.25) is 9.59 Å². The fourth-order valence-electron chi connectivity index (χ4n) is 2.59. The molecule has 0 radical (unpaired) electrons. The minimum absolute atomic E-state index is 0.0696. The summed E-state index contributed by atoms with van der Waals surface area (Å²) in [5.74, 6) is -2.07. The Bertz CT molecular complexity index is 1360. The van der Waals surface area contributed by atoms with Crippen molar-refractivity contribution in [3.8, 4) is 0 Å². The predicted octanol–water partition coefficient (Wildman–Crippen LogP) is 3.63. The van der Waals surface area contributed by atoms with Gasteiger partial charge in [-0.15, -0.1) is 0 Å². The number of hydrazone groups is 1. The molecular weight excluding hydrogens is 557 g/mol. The molecule has 0 spiro atoms. The maximum Gasteiger partial charge on any atom is 0.416 e. The van der Waals surface area contributed by atoms with Gasteiger partial charge in [0, 0.05) is 10.2 Å². The number of anilines is 1. The van der Waals surface area contributed by atoms with Crippen molar-refractivity contribution in [3.63, 3.8) is 0 Å². The molecule has 2 aromatic carbocycles. The number of carbonyl (C=O) groups is 2. The monoisotopic (exact) mass is 572 g/mol. The van der Waals surface area contributed by atoms with E-state index < -0.39 is 33.6 Å². The number of carbonyl (C=O) groups excluding carboxylic acids is 2. The lowest BCUT2D eigenvalue weighted by molar-refractivity contribution is -0.137. The van der Waals surface area contributed by atoms with Gasteiger partial charge in [-0.05, 0) is 54.6 Å². The van der Waals surface area contributed by atoms with Crippen LogP contribution >= 0.6 is 15.9 Å². The minimum Gasteiger partial charge on any atom is -0.459 e. The molecule has 2 amide bonds. The first-order valence-electron chi connectivity index (χ1n) is 9.60. The van der Waals surface area contributed by atoms with E-state index in [0.717, 1.165) is 22.8 Å². The van der Waals surface area contributed by atoms with Gasteiger partial charge in [-0.1, -0.05) is 22.0 Å². The Labute approximate surface area is 205 Å². The molecule has 0 aliphatic rings. The molecule has 0 saturated heterocycles. The molecule has 0 atom stereocenters. The van der Waals surface area contributed by atoms with Gasteiger partial charge in [0.05, 0.1) is 23.2 Å². The van der Waals surface area contributed by atoms with Gasteiger partial charge in [0.2, 0.25) is 10.0 Å². The third-order valence-corrected chi connectivity index (χ3v) is 6.20. The highest BCUT2D eigenvalue weighted by atomic mass is 79.9. The number of rotatable bonds is 7. The Kier molecular flexibility index (Phi) is 8.09. The Morgan fingerprint density at radius 3 is 2.43 bits per heavy atom. The number of nitrogens with zero attached hydrogens (tertiary/aromatic N) is 1. The summed E-state index contributed by atoms with van der Waals surface area (Å²) in [5, 5.41) is 5.58. The second kappa shape index (κ2) is 10.8. The Morgan fingerprint density at radius 2 is 1.74 bits per heavy atom. The summed E-state index contributed by atoms with van der Waals surface area (Å²) in [4.78, 5) is 23.8. The molecule has 0 aliphatic carbocycles. The fraction of sp³-hybridized carbons (Fsp3) is 0.0952. The molecule has 0 bridgehead atoms. The highest BCUT2D eigenvalue weighted by molar-refractivity contribution is 9.10. The largest absolute Gasteiger partial charge is 0.459 e. The second-order valence-corrected chi connectivity index (χ2v) is 9.50. The van der Waals surface area contributed by atoms with Crippen molar-refractivity contribution in [3.05, 3.63) is 82.2 Å². The average Bonchev–Trinajstić information content (AvgIpc) is 3.25. The summed E-state index contributed by atoms with van der Waals surface area (Å²) in [6.45, 7) is -0.155. The van der Waals surface area contributed by atoms with Gasteiger partial charge >= 0.3 is 18.0 Å². The van der Waals surface area contributed by atoms with Gasteiger partial charge in [0.25, 0.3) is 0 Å². The van der Waals surface area contributed by atoms with Crippen LogP contribution in [0, 0.1) is 0 Å². The van der Waals surface area contributed by atoms with Crippen molar-refractivity contribution < 1.29 is 35.6 Å². The molecule has 0 saturated carbocycles. The van der Waals surface area contributed by atoms with Crippen LogP contribution in [0.1, 0.15) is 17.1 Å². The van der Waals surface area contributed by atoms with Crippen LogP contribution in [0.4, 0.5) is 18.9 Å². The first kappa shape index (κ1) is 26.1. The topological polar surface area (TPSA) is 130 Å². The van der Waals surface area contributed by atoms with Crippen molar-refractivity contribution in [1.29, 1.82) is 0 Å². The van der Waals surface area contributed by atoms with Crippen LogP contribution in [0.15, 0.2) is 79.6 Å². The van der Waals surface area contributed by atoms with Crippen molar-refractivity contribution in [2.75, 3.05) is 5.32 Å². The molecule has 3 N–H and O–H groups in total. The normalized spacial score (nSPS) is 12.0. The summed E-state index contributed by atoms with van der Waals surface area (Å²) in [7, 11) is -3.77. The smallest absolute Gasteiger partial charge is 0.416 e. The van der Waals surface area contributed by atoms with Crippen LogP contribution in [0.3, 0.4) is 0 Å². The maximum absolute atomic E-state index is 12.7. The molecule has 3 rings (SSSR count). The fourth-order valence-corrected chi connectivity index (χ4v) is 3.85. The SMILES string of the molecule is O=C(N/N=C/c1ccc(CNS(=O)(=O)c2ccc(Br)cc2)o1)C(=O)Nc1cccc(C(F)(F)F)c1. The first-order valence-corrected chi connectivity index (χ1v) is 11.9. The summed E-state index contributed by atoms with van der Waals surface area (Å²) in [5.41, 5.74) is 0.706. The van der Waals surface area contributed by atoms with Crippen LogP contribution in [-0.2, 0) is 32.3 Å². The molecule has 0 unspecified atom stereocenters. The molecule has 9 nitrogen and oxygen atoms in total. The summed E-state index contributed by atoms with van der Waals surface area (Å²) >= 11 is 3.22. The third kappa shape index (κ3) is 7.50. The van der Waals surface area contributed by atoms with Gasteiger partial charge in [0.15, 0.2) is 0 Å². The molecule has 184 valence electrons. The molecule has 0 fully saturated rings. The molecular formula is C21H16BrF3N4O5S. The number of halogens is 4. The predicted molar refractivity (Wildman–Crippen MR) is 123 cm³/mol. The zero-order valence-corrected chi connectivity index (χ0v) is 19.9. The van der Waals surface area contributed by atoms with Crippen molar-refractivity contribution in [2.45, 2.75) is 17.6 Å². The molecule has 35 heavy (non-hydrogen) atoms. The van der Waals surface area contributed by atoms with E-state index in [9.17, 15) is 31.2 Å². The number of benzene rings is 2. The Balaban J connectivity index is 1.51. The van der Waals surface area contributed by atoms with Gasteiger partial charge < -0.3 is 9.73 Å². The molecule has 14 heteroatoms. The number of sulfonamides is 1. The van der Waals surface area contributed by atoms with E-state index in [1.54, 1.807) is 12.1 Å². The number of hydrogen-bond acceptors (Lipinski definition) is 6. The lowest BCUT2D eigenvalue weighted by Crippen LogP contribution is -2.32. The molecule has 3 aromatic rings. The number of furan rings is 1. The average molecular weight is 573 g/mol. The van der Waals surface area contributed by atoms with E-state index in [1.165, 1.54) is 30.3 Å². The van der Waals surface area contributed by atoms with E-state index in [-0.39, 0.29) is 28.6 Å². The summed E-state index contributed by atoms with van der Waals surface area (Å²) in [6, 6.07) is 12.7. The zero-order valence-electron chi connectivity index (χ0n) is 17.5. The highest BCUT2D eigenvalue weighted by Crippen LogP contribution is 2.30. The van der Waals surface area contributed by atoms with Crippen LogP contribution in [0.5, 0.6) is 0 Å². The van der Waals surface area contributed by atoms with Crippen molar-refractivity contribution in [1.82, 2.24) is 10.1 Å². The van der Waals surface area contributed by atoms with E-state index in [1.807, 2.05) is 10.7 Å². The van der Waals surface area contributed by atoms with Crippen LogP contribution < -0.4 is 15.5 Å². The minimum atomic E-state index is -4.60. The summed E-state index contributed by atoms with van der Waals surface area (Å²) < 4.78 is 71.3. The molecule has 1 heterocycles. The molecule has 0 aliphatic heterocycles. The highest BCUT2D eigenvalue weighted by Gasteiger charge is 2.30. The third-order valence-electron chi connectivity index (χ3n) is 4.25. The van der Waals surface area contributed by atoms with Crippen LogP contribution in [0.2, 0.25) is 0 Å². The number of amides is 2. The van der Waals surface area contributed by atoms with Crippen LogP contribution in [0.25, 0.3) is 0 Å². The summed E-state index contributed by atoms with van der Waals surface area (Å²) in [6.07, 6.45) is -3.55. The first-order chi connectivity index (χ1) is 16.4. The van der Waals surface area contributed by atoms with Crippen LogP contribution in [-0.4, -0.2) is 26.4 Å². The van der Waals surface area contributed by atoms with Crippen molar-refractivity contribution >= 4 is 49.7 Å². The van der Waals surface area contributed by atoms with Gasteiger partial charge in [-0.25, -0.2) is 18.6 Å². The zero-order chi connectivity index (χ0) is 25.6. The number of nitrogens with one attached hydrogen (secondary N) is 3. The lowest BCUT2D eigenvalue weighted by Gasteiger charge is -2.09. The molecule has 1 aromatic heterocycles. The maximum atomic E-state index is 12.7. The second-order valence-electron chi connectivity index (χ2n) is 6.81. The van der Waals surface area contributed by atoms with Gasteiger partial charge in [0.1, 0.15) is 11.5 Å². The Morgan fingerprint density at radius 1 is 1.03 bits per heavy atom. The standard InChI is InChI=1S/C21H16BrF3N4O5S/c22-14-4-8-18(9-5-14)35(32,33)27-12-17-7-6-16(34-17)11-26-29-20(31)19(30)28-15-3-1-2-13(10-15)21(23,24)25/h1-11,27H,12H2,(H,28,30)(H,29,31)/b26-11+.